The first kappa shape index (κ1) is 8.40. The molecule has 0 amide bonds. The van der Waals surface area contributed by atoms with Crippen molar-refractivity contribution in [3.63, 3.8) is 0 Å². The molecule has 0 aromatic carbocycles. The summed E-state index contributed by atoms with van der Waals surface area (Å²) in [5.74, 6) is 5.60. The number of halogens is 1. The Hall–Kier alpha value is -0.700. The van der Waals surface area contributed by atoms with Gasteiger partial charge in [0.15, 0.2) is 5.69 Å². The zero-order valence-electron chi connectivity index (χ0n) is 6.35. The number of nitrogens with zero attached hydrogens (tertiary/aromatic N) is 2. The Morgan fingerprint density at radius 2 is 2.09 bits per heavy atom. The van der Waals surface area contributed by atoms with Crippen molar-refractivity contribution in [1.82, 2.24) is 4.68 Å². The van der Waals surface area contributed by atoms with Gasteiger partial charge < -0.3 is 5.84 Å². The molecule has 0 aliphatic carbocycles. The summed E-state index contributed by atoms with van der Waals surface area (Å²) in [6.07, 6.45) is 0. The van der Waals surface area contributed by atoms with Crippen molar-refractivity contribution in [1.29, 1.82) is 5.26 Å². The van der Waals surface area contributed by atoms with Gasteiger partial charge >= 0.3 is 0 Å². The van der Waals surface area contributed by atoms with Crippen LogP contribution in [-0.4, -0.2) is 4.68 Å². The quantitative estimate of drug-likeness (QED) is 0.565. The van der Waals surface area contributed by atoms with Crippen LogP contribution in [0.1, 0.15) is 17.0 Å². The van der Waals surface area contributed by atoms with Crippen molar-refractivity contribution in [2.24, 2.45) is 0 Å². The molecule has 0 spiro atoms. The van der Waals surface area contributed by atoms with Gasteiger partial charge in [0.2, 0.25) is 0 Å². The van der Waals surface area contributed by atoms with Crippen LogP contribution >= 0.6 is 22.6 Å². The summed E-state index contributed by atoms with van der Waals surface area (Å²) < 4.78 is 2.38. The molecule has 0 aliphatic rings. The summed E-state index contributed by atoms with van der Waals surface area (Å²) in [5.41, 5.74) is 2.58. The highest BCUT2D eigenvalue weighted by Crippen LogP contribution is 2.20. The standard InChI is InChI=1S/C7H8IN3/c1-4-5(2)11(10)6(3-9)7(4)8/h10H2,1-2H3. The third kappa shape index (κ3) is 1.09. The summed E-state index contributed by atoms with van der Waals surface area (Å²) in [5, 5.41) is 8.68. The summed E-state index contributed by atoms with van der Waals surface area (Å²) in [6, 6.07) is 2.06. The van der Waals surface area contributed by atoms with Crippen LogP contribution in [0.15, 0.2) is 0 Å². The molecule has 1 rings (SSSR count). The lowest BCUT2D eigenvalue weighted by Gasteiger charge is -1.96. The van der Waals surface area contributed by atoms with E-state index >= 15 is 0 Å². The van der Waals surface area contributed by atoms with Crippen LogP contribution in [0.5, 0.6) is 0 Å². The van der Waals surface area contributed by atoms with Gasteiger partial charge in [-0.15, -0.1) is 0 Å². The minimum Gasteiger partial charge on any atom is -0.338 e. The van der Waals surface area contributed by atoms with Crippen LogP contribution in [0.2, 0.25) is 0 Å². The molecule has 0 saturated heterocycles. The zero-order valence-corrected chi connectivity index (χ0v) is 8.51. The lowest BCUT2D eigenvalue weighted by Crippen LogP contribution is -2.12. The fourth-order valence-corrected chi connectivity index (χ4v) is 1.66. The number of hydrogen-bond acceptors (Lipinski definition) is 2. The Morgan fingerprint density at radius 3 is 2.27 bits per heavy atom. The highest BCUT2D eigenvalue weighted by molar-refractivity contribution is 14.1. The SMILES string of the molecule is Cc1c(I)c(C#N)n(N)c1C. The number of nitrogens with two attached hydrogens (primary N) is 1. The van der Waals surface area contributed by atoms with Gasteiger partial charge in [0.25, 0.3) is 0 Å². The Kier molecular flexibility index (Phi) is 2.09. The second-order valence-corrected chi connectivity index (χ2v) is 3.43. The second-order valence-electron chi connectivity index (χ2n) is 2.35. The average molecular weight is 261 g/mol. The topological polar surface area (TPSA) is 54.7 Å². The van der Waals surface area contributed by atoms with Gasteiger partial charge in [-0.3, -0.25) is 4.68 Å². The van der Waals surface area contributed by atoms with E-state index in [2.05, 4.69) is 28.7 Å². The highest BCUT2D eigenvalue weighted by Gasteiger charge is 2.12. The van der Waals surface area contributed by atoms with Crippen molar-refractivity contribution < 1.29 is 0 Å². The van der Waals surface area contributed by atoms with Crippen molar-refractivity contribution in [2.45, 2.75) is 13.8 Å². The van der Waals surface area contributed by atoms with Gasteiger partial charge in [-0.2, -0.15) is 5.26 Å². The molecule has 0 atom stereocenters. The lowest BCUT2D eigenvalue weighted by atomic mass is 10.3. The molecule has 0 saturated carbocycles. The van der Waals surface area contributed by atoms with E-state index in [0.29, 0.717) is 5.69 Å². The average Bonchev–Trinajstić information content (AvgIpc) is 2.17. The van der Waals surface area contributed by atoms with E-state index in [-0.39, 0.29) is 0 Å². The Bertz CT molecular complexity index is 307. The number of rotatable bonds is 0. The van der Waals surface area contributed by atoms with Crippen molar-refractivity contribution >= 4 is 22.6 Å². The first-order valence-electron chi connectivity index (χ1n) is 3.12. The second kappa shape index (κ2) is 2.74. The first-order chi connectivity index (χ1) is 5.09. The van der Waals surface area contributed by atoms with E-state index in [9.17, 15) is 0 Å². The molecule has 1 heterocycles. The predicted molar refractivity (Wildman–Crippen MR) is 51.5 cm³/mol. The highest BCUT2D eigenvalue weighted by atomic mass is 127. The van der Waals surface area contributed by atoms with Gasteiger partial charge in [0.05, 0.1) is 3.57 Å². The molecule has 11 heavy (non-hydrogen) atoms. The van der Waals surface area contributed by atoms with Gasteiger partial charge in [0, 0.05) is 5.69 Å². The van der Waals surface area contributed by atoms with E-state index in [1.165, 1.54) is 4.68 Å². The maximum absolute atomic E-state index is 8.68. The summed E-state index contributed by atoms with van der Waals surface area (Å²) in [4.78, 5) is 0. The molecule has 0 radical (unpaired) electrons. The van der Waals surface area contributed by atoms with E-state index in [0.717, 1.165) is 14.8 Å². The third-order valence-corrected chi connectivity index (χ3v) is 3.11. The van der Waals surface area contributed by atoms with E-state index < -0.39 is 0 Å². The Labute approximate surface area is 78.9 Å². The minimum atomic E-state index is 0.542. The molecule has 0 bridgehead atoms. The molecular formula is C7H8IN3. The summed E-state index contributed by atoms with van der Waals surface area (Å²) >= 11 is 2.13. The number of nitrogen functional groups attached to an aromatic ring is 1. The molecular weight excluding hydrogens is 253 g/mol. The normalized spacial score (nSPS) is 9.64. The van der Waals surface area contributed by atoms with Crippen molar-refractivity contribution in [3.8, 4) is 6.07 Å². The number of hydrogen-bond donors (Lipinski definition) is 1. The van der Waals surface area contributed by atoms with Gasteiger partial charge in [-0.25, -0.2) is 0 Å². The van der Waals surface area contributed by atoms with Gasteiger partial charge in [-0.1, -0.05) is 0 Å². The Morgan fingerprint density at radius 1 is 1.55 bits per heavy atom. The number of nitriles is 1. The molecule has 0 fully saturated rings. The van der Waals surface area contributed by atoms with Crippen LogP contribution in [0.4, 0.5) is 0 Å². The molecule has 1 aromatic heterocycles. The summed E-state index contributed by atoms with van der Waals surface area (Å²) in [6.45, 7) is 3.86. The van der Waals surface area contributed by atoms with Crippen LogP contribution < -0.4 is 5.84 Å². The van der Waals surface area contributed by atoms with Gasteiger partial charge in [0.1, 0.15) is 6.07 Å². The van der Waals surface area contributed by atoms with Crippen molar-refractivity contribution in [2.75, 3.05) is 5.84 Å². The molecule has 58 valence electrons. The van der Waals surface area contributed by atoms with Crippen molar-refractivity contribution in [3.05, 3.63) is 20.5 Å². The largest absolute Gasteiger partial charge is 0.338 e. The molecule has 3 nitrogen and oxygen atoms in total. The van der Waals surface area contributed by atoms with Gasteiger partial charge in [-0.05, 0) is 42.0 Å². The predicted octanol–water partition coefficient (Wildman–Crippen LogP) is 1.30. The smallest absolute Gasteiger partial charge is 0.153 e. The maximum atomic E-state index is 8.68. The molecule has 1 aromatic rings. The fraction of sp³-hybridized carbons (Fsp3) is 0.286. The number of aromatic nitrogens is 1. The zero-order chi connectivity index (χ0) is 8.59. The van der Waals surface area contributed by atoms with Crippen LogP contribution in [0.3, 0.4) is 0 Å². The molecule has 0 aliphatic heterocycles. The van der Waals surface area contributed by atoms with E-state index in [1.54, 1.807) is 0 Å². The first-order valence-corrected chi connectivity index (χ1v) is 4.20. The lowest BCUT2D eigenvalue weighted by molar-refractivity contribution is 0.934. The molecule has 4 heteroatoms. The summed E-state index contributed by atoms with van der Waals surface area (Å²) in [7, 11) is 0. The van der Waals surface area contributed by atoms with Crippen LogP contribution in [0, 0.1) is 28.7 Å². The monoisotopic (exact) mass is 261 g/mol. The minimum absolute atomic E-state index is 0.542. The molecule has 2 N–H and O–H groups in total. The Balaban J connectivity index is 3.51. The third-order valence-electron chi connectivity index (χ3n) is 1.79. The van der Waals surface area contributed by atoms with Crippen LogP contribution in [0.25, 0.3) is 0 Å². The fourth-order valence-electron chi connectivity index (χ4n) is 0.894. The maximum Gasteiger partial charge on any atom is 0.153 e. The van der Waals surface area contributed by atoms with E-state index in [4.69, 9.17) is 11.1 Å². The molecule has 0 unspecified atom stereocenters. The van der Waals surface area contributed by atoms with E-state index in [1.807, 2.05) is 13.8 Å². The van der Waals surface area contributed by atoms with Crippen LogP contribution in [-0.2, 0) is 0 Å².